The predicted molar refractivity (Wildman–Crippen MR) is 58.5 cm³/mol. The highest BCUT2D eigenvalue weighted by Crippen LogP contribution is 2.20. The average molecular weight is 238 g/mol. The molecule has 0 aliphatic rings. The Labute approximate surface area is 93.7 Å². The van der Waals surface area contributed by atoms with Gasteiger partial charge in [-0.25, -0.2) is 4.98 Å². The number of rotatable bonds is 0. The third-order valence-electron chi connectivity index (χ3n) is 2.11. The van der Waals surface area contributed by atoms with Gasteiger partial charge < -0.3 is 0 Å². The van der Waals surface area contributed by atoms with Crippen molar-refractivity contribution in [2.45, 2.75) is 0 Å². The molecule has 0 aliphatic heterocycles. The Morgan fingerprint density at radius 3 is 3.13 bits per heavy atom. The highest BCUT2D eigenvalue weighted by molar-refractivity contribution is 7.71. The smallest absolute Gasteiger partial charge is 0.218 e. The number of hydrogen-bond donors (Lipinski definition) is 1. The van der Waals surface area contributed by atoms with E-state index >= 15 is 0 Å². The van der Waals surface area contributed by atoms with Crippen LogP contribution in [-0.2, 0) is 0 Å². The van der Waals surface area contributed by atoms with Gasteiger partial charge in [0.25, 0.3) is 0 Å². The van der Waals surface area contributed by atoms with Crippen LogP contribution < -0.4 is 0 Å². The molecule has 0 atom stereocenters. The molecule has 74 valence electrons. The van der Waals surface area contributed by atoms with Crippen LogP contribution in [0.3, 0.4) is 0 Å². The Balaban J connectivity index is 2.67. The molecule has 2 heterocycles. The van der Waals surface area contributed by atoms with Gasteiger partial charge in [0, 0.05) is 10.4 Å². The van der Waals surface area contributed by atoms with Gasteiger partial charge in [0.15, 0.2) is 5.65 Å². The van der Waals surface area contributed by atoms with Crippen LogP contribution in [0.5, 0.6) is 0 Å². The van der Waals surface area contributed by atoms with Crippen molar-refractivity contribution >= 4 is 40.4 Å². The first-order chi connectivity index (χ1) is 7.25. The average Bonchev–Trinajstić information content (AvgIpc) is 2.69. The summed E-state index contributed by atoms with van der Waals surface area (Å²) in [5.74, 6) is 0. The lowest BCUT2D eigenvalue weighted by Gasteiger charge is -1.98. The van der Waals surface area contributed by atoms with E-state index in [0.29, 0.717) is 15.4 Å². The molecule has 1 N–H and O–H groups in total. The summed E-state index contributed by atoms with van der Waals surface area (Å²) >= 11 is 11.0. The van der Waals surface area contributed by atoms with Crippen molar-refractivity contribution in [2.24, 2.45) is 0 Å². The minimum atomic E-state index is 0.393. The Kier molecular flexibility index (Phi) is 1.74. The number of nitrogens with one attached hydrogen (secondary N) is 1. The number of H-pyrrole nitrogens is 1. The first kappa shape index (κ1) is 8.75. The molecule has 3 rings (SSSR count). The van der Waals surface area contributed by atoms with Crippen LogP contribution in [0.1, 0.15) is 0 Å². The van der Waals surface area contributed by atoms with E-state index in [0.717, 1.165) is 10.9 Å². The van der Waals surface area contributed by atoms with E-state index in [1.165, 1.54) is 4.52 Å². The summed E-state index contributed by atoms with van der Waals surface area (Å²) in [6.07, 6.45) is 0. The highest BCUT2D eigenvalue weighted by atomic mass is 35.5. The molecule has 0 saturated carbocycles. The molecular formula is C8H4ClN5S. The first-order valence-electron chi connectivity index (χ1n) is 4.15. The summed E-state index contributed by atoms with van der Waals surface area (Å²) in [4.78, 5) is 4.23. The quantitative estimate of drug-likeness (QED) is 0.608. The van der Waals surface area contributed by atoms with E-state index in [9.17, 15) is 0 Å². The molecule has 0 radical (unpaired) electrons. The molecule has 15 heavy (non-hydrogen) atoms. The van der Waals surface area contributed by atoms with Crippen molar-refractivity contribution in [3.63, 3.8) is 0 Å². The Morgan fingerprint density at radius 1 is 1.40 bits per heavy atom. The van der Waals surface area contributed by atoms with E-state index in [1.54, 1.807) is 12.1 Å². The standard InChI is InChI=1S/C8H4ClN5S/c9-4-1-2-6-5(3-4)7-11-12-13-14(7)8(15)10-6/h1-3H,(H,11,13). The molecular weight excluding hydrogens is 234 g/mol. The topological polar surface area (TPSA) is 58.9 Å². The largest absolute Gasteiger partial charge is 0.222 e. The van der Waals surface area contributed by atoms with Gasteiger partial charge in [0.1, 0.15) is 0 Å². The van der Waals surface area contributed by atoms with Crippen LogP contribution in [-0.4, -0.2) is 25.0 Å². The number of aromatic amines is 1. The molecule has 7 heteroatoms. The fourth-order valence-electron chi connectivity index (χ4n) is 1.45. The van der Waals surface area contributed by atoms with E-state index < -0.39 is 0 Å². The van der Waals surface area contributed by atoms with Gasteiger partial charge in [-0.05, 0) is 30.4 Å². The maximum Gasteiger partial charge on any atom is 0.222 e. The van der Waals surface area contributed by atoms with E-state index in [2.05, 4.69) is 20.5 Å². The van der Waals surface area contributed by atoms with Crippen LogP contribution >= 0.6 is 23.8 Å². The number of benzene rings is 1. The molecule has 0 bridgehead atoms. The summed E-state index contributed by atoms with van der Waals surface area (Å²) in [6, 6.07) is 5.36. The number of hydrogen-bond acceptors (Lipinski definition) is 4. The zero-order valence-electron chi connectivity index (χ0n) is 7.31. The highest BCUT2D eigenvalue weighted by Gasteiger charge is 2.06. The number of halogens is 1. The predicted octanol–water partition coefficient (Wildman–Crippen LogP) is 1.99. The summed E-state index contributed by atoms with van der Waals surface area (Å²) in [7, 11) is 0. The van der Waals surface area contributed by atoms with E-state index in [-0.39, 0.29) is 0 Å². The molecule has 5 nitrogen and oxygen atoms in total. The Morgan fingerprint density at radius 2 is 2.27 bits per heavy atom. The van der Waals surface area contributed by atoms with Gasteiger partial charge in [-0.15, -0.1) is 5.10 Å². The fraction of sp³-hybridized carbons (Fsp3) is 0. The lowest BCUT2D eigenvalue weighted by atomic mass is 10.2. The fourth-order valence-corrected chi connectivity index (χ4v) is 1.85. The van der Waals surface area contributed by atoms with Crippen molar-refractivity contribution in [3.8, 4) is 0 Å². The third kappa shape index (κ3) is 1.22. The Hall–Kier alpha value is -1.53. The number of aromatic nitrogens is 5. The second-order valence-corrected chi connectivity index (χ2v) is 3.82. The zero-order chi connectivity index (χ0) is 10.4. The van der Waals surface area contributed by atoms with Gasteiger partial charge >= 0.3 is 0 Å². The number of tetrazole rings is 1. The van der Waals surface area contributed by atoms with Crippen LogP contribution in [0, 0.1) is 4.77 Å². The molecule has 0 spiro atoms. The van der Waals surface area contributed by atoms with Crippen molar-refractivity contribution < 1.29 is 0 Å². The first-order valence-corrected chi connectivity index (χ1v) is 4.93. The van der Waals surface area contributed by atoms with Gasteiger partial charge in [0.05, 0.1) is 5.52 Å². The third-order valence-corrected chi connectivity index (χ3v) is 2.62. The molecule has 0 amide bonds. The van der Waals surface area contributed by atoms with Crippen molar-refractivity contribution in [1.29, 1.82) is 0 Å². The minimum Gasteiger partial charge on any atom is -0.218 e. The molecule has 2 aromatic heterocycles. The van der Waals surface area contributed by atoms with Crippen molar-refractivity contribution in [2.75, 3.05) is 0 Å². The second-order valence-electron chi connectivity index (χ2n) is 3.01. The summed E-state index contributed by atoms with van der Waals surface area (Å²) in [5, 5.41) is 11.7. The second kappa shape index (κ2) is 2.98. The molecule has 1 aromatic carbocycles. The van der Waals surface area contributed by atoms with Gasteiger partial charge in [-0.3, -0.25) is 0 Å². The zero-order valence-corrected chi connectivity index (χ0v) is 8.88. The lowest BCUT2D eigenvalue weighted by Crippen LogP contribution is -1.94. The maximum atomic E-state index is 5.90. The minimum absolute atomic E-state index is 0.393. The van der Waals surface area contributed by atoms with Crippen LogP contribution in [0.4, 0.5) is 0 Å². The van der Waals surface area contributed by atoms with Crippen LogP contribution in [0.25, 0.3) is 16.6 Å². The molecule has 3 aromatic rings. The van der Waals surface area contributed by atoms with Crippen LogP contribution in [0.2, 0.25) is 5.02 Å². The Bertz CT molecular complexity index is 716. The van der Waals surface area contributed by atoms with Crippen molar-refractivity contribution in [1.82, 2.24) is 25.0 Å². The van der Waals surface area contributed by atoms with Gasteiger partial charge in [-0.1, -0.05) is 16.8 Å². The van der Waals surface area contributed by atoms with Gasteiger partial charge in [-0.2, -0.15) is 9.73 Å². The molecule has 0 saturated heterocycles. The normalized spacial score (nSPS) is 11.3. The van der Waals surface area contributed by atoms with Crippen LogP contribution in [0.15, 0.2) is 18.2 Å². The number of nitrogens with zero attached hydrogens (tertiary/aromatic N) is 4. The van der Waals surface area contributed by atoms with Gasteiger partial charge in [0.2, 0.25) is 4.77 Å². The SMILES string of the molecule is S=c1nc2ccc(Cl)cc2c2nn[nH]n12. The molecule has 0 aliphatic carbocycles. The summed E-state index contributed by atoms with van der Waals surface area (Å²) in [6.45, 7) is 0. The monoisotopic (exact) mass is 237 g/mol. The molecule has 0 unspecified atom stereocenters. The van der Waals surface area contributed by atoms with Crippen molar-refractivity contribution in [3.05, 3.63) is 28.0 Å². The lowest BCUT2D eigenvalue weighted by molar-refractivity contribution is 0.803. The summed E-state index contributed by atoms with van der Waals surface area (Å²) in [5.41, 5.74) is 1.39. The number of fused-ring (bicyclic) bond motifs is 3. The van der Waals surface area contributed by atoms with E-state index in [4.69, 9.17) is 23.8 Å². The maximum absolute atomic E-state index is 5.90. The summed E-state index contributed by atoms with van der Waals surface area (Å²) < 4.78 is 1.93. The van der Waals surface area contributed by atoms with E-state index in [1.807, 2.05) is 6.07 Å². The molecule has 0 fully saturated rings.